The third kappa shape index (κ3) is 6.97. The molecular formula is C24H40N2O5. The molecule has 0 radical (unpaired) electrons. The molecule has 1 saturated carbocycles. The number of fused-ring (bicyclic) bond motifs is 1. The first kappa shape index (κ1) is 25.2. The number of carbonyl (C=O) groups excluding carboxylic acids is 3. The molecule has 176 valence electrons. The maximum atomic E-state index is 12.8. The molecule has 31 heavy (non-hydrogen) atoms. The number of allylic oxidation sites excluding steroid dienone is 2. The van der Waals surface area contributed by atoms with Crippen molar-refractivity contribution in [3.63, 3.8) is 0 Å². The highest BCUT2D eigenvalue weighted by atomic mass is 16.6. The summed E-state index contributed by atoms with van der Waals surface area (Å²) in [5.74, 6) is -0.0792. The first-order valence-corrected chi connectivity index (χ1v) is 11.5. The molecule has 2 aliphatic rings. The average molecular weight is 437 g/mol. The molecule has 1 heterocycles. The summed E-state index contributed by atoms with van der Waals surface area (Å²) < 4.78 is 10.7. The summed E-state index contributed by atoms with van der Waals surface area (Å²) in [6, 6.07) is -0.763. The maximum Gasteiger partial charge on any atom is 0.411 e. The fourth-order valence-electron chi connectivity index (χ4n) is 4.33. The molecule has 0 aromatic carbocycles. The average Bonchev–Trinajstić information content (AvgIpc) is 3.22. The van der Waals surface area contributed by atoms with Gasteiger partial charge in [0.15, 0.2) is 0 Å². The highest BCUT2D eigenvalue weighted by molar-refractivity contribution is 5.84. The second kappa shape index (κ2) is 10.0. The summed E-state index contributed by atoms with van der Waals surface area (Å²) in [6.45, 7) is 14.1. The number of carbonyl (C=O) groups is 3. The number of hydrogen-bond donors (Lipinski definition) is 1. The van der Waals surface area contributed by atoms with Crippen LogP contribution in [0.5, 0.6) is 0 Å². The molecule has 2 amide bonds. The summed E-state index contributed by atoms with van der Waals surface area (Å²) in [5, 5.41) is 3.05. The van der Waals surface area contributed by atoms with Gasteiger partial charge in [-0.05, 0) is 73.1 Å². The Labute approximate surface area is 186 Å². The minimum absolute atomic E-state index is 0.0214. The van der Waals surface area contributed by atoms with Crippen LogP contribution in [0.3, 0.4) is 0 Å². The molecule has 2 rings (SSSR count). The Balaban J connectivity index is 1.95. The van der Waals surface area contributed by atoms with Crippen LogP contribution < -0.4 is 5.32 Å². The lowest BCUT2D eigenvalue weighted by atomic mass is 9.98. The molecule has 0 aromatic heterocycles. The number of likely N-dealkylation sites (tertiary alicyclic amines) is 1. The molecule has 0 spiro atoms. The second-order valence-electron chi connectivity index (χ2n) is 10.4. The zero-order chi connectivity index (χ0) is 23.4. The fraction of sp³-hybridized carbons (Fsp3) is 0.792. The molecule has 7 nitrogen and oxygen atoms in total. The van der Waals surface area contributed by atoms with Crippen LogP contribution in [0.2, 0.25) is 0 Å². The van der Waals surface area contributed by atoms with Crippen molar-refractivity contribution in [2.45, 2.75) is 98.3 Å². The molecule has 2 fully saturated rings. The number of rotatable bonds is 9. The van der Waals surface area contributed by atoms with E-state index in [0.29, 0.717) is 25.3 Å². The summed E-state index contributed by atoms with van der Waals surface area (Å²) in [7, 11) is 0. The largest absolute Gasteiger partial charge is 0.464 e. The molecule has 0 bridgehead atoms. The van der Waals surface area contributed by atoms with Gasteiger partial charge >= 0.3 is 12.1 Å². The Hall–Kier alpha value is -2.05. The molecular weight excluding hydrogens is 396 g/mol. The lowest BCUT2D eigenvalue weighted by molar-refractivity contribution is -0.149. The van der Waals surface area contributed by atoms with Crippen molar-refractivity contribution in [3.8, 4) is 0 Å². The van der Waals surface area contributed by atoms with Gasteiger partial charge in [-0.25, -0.2) is 9.59 Å². The van der Waals surface area contributed by atoms with E-state index in [2.05, 4.69) is 32.2 Å². The van der Waals surface area contributed by atoms with Gasteiger partial charge in [0, 0.05) is 24.4 Å². The number of piperidine rings is 1. The number of amides is 2. The van der Waals surface area contributed by atoms with Crippen molar-refractivity contribution in [2.24, 2.45) is 11.3 Å². The fourth-order valence-corrected chi connectivity index (χ4v) is 4.33. The molecule has 1 aliphatic heterocycles. The van der Waals surface area contributed by atoms with Crippen molar-refractivity contribution in [2.75, 3.05) is 13.2 Å². The summed E-state index contributed by atoms with van der Waals surface area (Å²) in [4.78, 5) is 39.3. The number of esters is 1. The van der Waals surface area contributed by atoms with E-state index in [0.717, 1.165) is 19.3 Å². The third-order valence-electron chi connectivity index (χ3n) is 5.96. The van der Waals surface area contributed by atoms with Crippen LogP contribution in [0.1, 0.15) is 80.6 Å². The van der Waals surface area contributed by atoms with Gasteiger partial charge in [-0.15, -0.1) is 0 Å². The first-order valence-electron chi connectivity index (χ1n) is 11.5. The highest BCUT2D eigenvalue weighted by Crippen LogP contribution is 2.59. The summed E-state index contributed by atoms with van der Waals surface area (Å²) in [6.07, 6.45) is 5.40. The maximum absolute atomic E-state index is 12.8. The van der Waals surface area contributed by atoms with Gasteiger partial charge in [-0.1, -0.05) is 18.6 Å². The molecule has 1 N–H and O–H groups in total. The minimum atomic E-state index is -0.659. The lowest BCUT2D eigenvalue weighted by Gasteiger charge is -2.29. The monoisotopic (exact) mass is 436 g/mol. The van der Waals surface area contributed by atoms with Gasteiger partial charge in [0.25, 0.3) is 0 Å². The molecule has 1 saturated heterocycles. The molecule has 7 heteroatoms. The zero-order valence-electron chi connectivity index (χ0n) is 20.2. The zero-order valence-corrected chi connectivity index (χ0v) is 20.2. The quantitative estimate of drug-likeness (QED) is 0.432. The molecule has 1 aliphatic carbocycles. The van der Waals surface area contributed by atoms with E-state index in [-0.39, 0.29) is 24.0 Å². The smallest absolute Gasteiger partial charge is 0.411 e. The topological polar surface area (TPSA) is 84.9 Å². The molecule has 4 atom stereocenters. The van der Waals surface area contributed by atoms with Gasteiger partial charge in [-0.3, -0.25) is 9.69 Å². The van der Waals surface area contributed by atoms with E-state index in [1.165, 1.54) is 10.5 Å². The van der Waals surface area contributed by atoms with E-state index in [1.807, 2.05) is 0 Å². The normalized spacial score (nSPS) is 25.3. The second-order valence-corrected chi connectivity index (χ2v) is 10.4. The minimum Gasteiger partial charge on any atom is -0.464 e. The van der Waals surface area contributed by atoms with Crippen LogP contribution >= 0.6 is 0 Å². The molecule has 0 aromatic rings. The van der Waals surface area contributed by atoms with E-state index < -0.39 is 23.7 Å². The van der Waals surface area contributed by atoms with Gasteiger partial charge in [-0.2, -0.15) is 0 Å². The summed E-state index contributed by atoms with van der Waals surface area (Å²) >= 11 is 0. The third-order valence-corrected chi connectivity index (χ3v) is 5.96. The Morgan fingerprint density at radius 1 is 1.23 bits per heavy atom. The molecule has 0 unspecified atom stereocenters. The van der Waals surface area contributed by atoms with E-state index in [4.69, 9.17) is 9.47 Å². The van der Waals surface area contributed by atoms with Gasteiger partial charge in [0.2, 0.25) is 5.91 Å². The Morgan fingerprint density at radius 3 is 2.48 bits per heavy atom. The van der Waals surface area contributed by atoms with Gasteiger partial charge in [0.05, 0.1) is 6.61 Å². The van der Waals surface area contributed by atoms with Crippen LogP contribution in [0.15, 0.2) is 11.6 Å². The predicted octanol–water partition coefficient (Wildman–Crippen LogP) is 4.21. The first-order chi connectivity index (χ1) is 14.4. The van der Waals surface area contributed by atoms with Crippen molar-refractivity contribution >= 4 is 18.0 Å². The Kier molecular flexibility index (Phi) is 8.17. The number of ether oxygens (including phenoxy) is 2. The number of nitrogens with zero attached hydrogens (tertiary/aromatic N) is 1. The lowest BCUT2D eigenvalue weighted by Crippen LogP contribution is -2.46. The van der Waals surface area contributed by atoms with Crippen LogP contribution in [0.4, 0.5) is 4.79 Å². The SMILES string of the molecule is CCOC(=O)[C@@H]1C[C@@]2(CNC(=O)C[C@H](C)CCC=C(C)C)C[C@H]2N1C(=O)OC(C)(C)C. The van der Waals surface area contributed by atoms with Crippen molar-refractivity contribution in [1.82, 2.24) is 10.2 Å². The highest BCUT2D eigenvalue weighted by Gasteiger charge is 2.68. The van der Waals surface area contributed by atoms with E-state index >= 15 is 0 Å². The van der Waals surface area contributed by atoms with Crippen LogP contribution in [0, 0.1) is 11.3 Å². The van der Waals surface area contributed by atoms with Crippen LogP contribution in [-0.4, -0.2) is 53.7 Å². The van der Waals surface area contributed by atoms with Crippen molar-refractivity contribution in [3.05, 3.63) is 11.6 Å². The van der Waals surface area contributed by atoms with Crippen molar-refractivity contribution < 1.29 is 23.9 Å². The number of hydrogen-bond acceptors (Lipinski definition) is 5. The Bertz CT molecular complexity index is 707. The van der Waals surface area contributed by atoms with Gasteiger partial charge < -0.3 is 14.8 Å². The standard InChI is InChI=1S/C24H40N2O5/c1-8-30-21(28)18-13-24(14-19(24)26(18)22(29)31-23(5,6)7)15-25-20(27)12-17(4)11-9-10-16(2)3/h10,17-19H,8-9,11-15H2,1-7H3,(H,25,27)/t17-,18+,19-,24+/m1/s1. The Morgan fingerprint density at radius 2 is 1.90 bits per heavy atom. The predicted molar refractivity (Wildman–Crippen MR) is 119 cm³/mol. The van der Waals surface area contributed by atoms with E-state index in [9.17, 15) is 14.4 Å². The van der Waals surface area contributed by atoms with Crippen LogP contribution in [0.25, 0.3) is 0 Å². The van der Waals surface area contributed by atoms with E-state index in [1.54, 1.807) is 27.7 Å². The van der Waals surface area contributed by atoms with Crippen LogP contribution in [-0.2, 0) is 19.1 Å². The van der Waals surface area contributed by atoms with Gasteiger partial charge in [0.1, 0.15) is 11.6 Å². The number of nitrogens with one attached hydrogen (secondary N) is 1. The summed E-state index contributed by atoms with van der Waals surface area (Å²) in [5.41, 5.74) is 0.379. The van der Waals surface area contributed by atoms with Crippen molar-refractivity contribution in [1.29, 1.82) is 0 Å².